The molecular formula is C12H10N4. The van der Waals surface area contributed by atoms with Crippen molar-refractivity contribution in [3.05, 3.63) is 48.9 Å². The van der Waals surface area contributed by atoms with Crippen molar-refractivity contribution in [2.45, 2.75) is 0 Å². The molecule has 1 aromatic carbocycles. The fraction of sp³-hybridized carbons (Fsp3) is 0. The fourth-order valence-corrected chi connectivity index (χ4v) is 1.68. The fourth-order valence-electron chi connectivity index (χ4n) is 1.68. The largest absolute Gasteiger partial charge is 0.361 e. The Balaban J connectivity index is 2.04. The van der Waals surface area contributed by atoms with Crippen LogP contribution in [-0.4, -0.2) is 15.0 Å². The Kier molecular flexibility index (Phi) is 2.04. The van der Waals surface area contributed by atoms with Crippen LogP contribution in [-0.2, 0) is 0 Å². The van der Waals surface area contributed by atoms with E-state index in [4.69, 9.17) is 0 Å². The van der Waals surface area contributed by atoms with Crippen LogP contribution in [0.25, 0.3) is 10.9 Å². The molecule has 16 heavy (non-hydrogen) atoms. The highest BCUT2D eigenvalue weighted by Gasteiger charge is 2.02. The average Bonchev–Trinajstić information content (AvgIpc) is 2.80. The Hall–Kier alpha value is -2.36. The van der Waals surface area contributed by atoms with Gasteiger partial charge >= 0.3 is 0 Å². The van der Waals surface area contributed by atoms with Crippen molar-refractivity contribution in [2.24, 2.45) is 0 Å². The second-order valence-corrected chi connectivity index (χ2v) is 3.44. The molecule has 0 aliphatic carbocycles. The minimum atomic E-state index is 0.608. The van der Waals surface area contributed by atoms with Crippen LogP contribution in [0.4, 0.5) is 11.6 Å². The van der Waals surface area contributed by atoms with E-state index in [1.807, 2.05) is 30.5 Å². The van der Waals surface area contributed by atoms with Gasteiger partial charge < -0.3 is 10.3 Å². The van der Waals surface area contributed by atoms with E-state index < -0.39 is 0 Å². The molecule has 0 fully saturated rings. The molecule has 2 N–H and O–H groups in total. The predicted molar refractivity (Wildman–Crippen MR) is 63.6 cm³/mol. The zero-order chi connectivity index (χ0) is 10.8. The predicted octanol–water partition coefficient (Wildman–Crippen LogP) is 2.70. The number of H-pyrrole nitrogens is 1. The Bertz CT molecular complexity index is 600. The van der Waals surface area contributed by atoms with Gasteiger partial charge in [-0.25, -0.2) is 9.97 Å². The molecule has 0 atom stereocenters. The first kappa shape index (κ1) is 8.91. The molecule has 0 radical (unpaired) electrons. The van der Waals surface area contributed by atoms with Gasteiger partial charge in [0.1, 0.15) is 0 Å². The molecule has 0 amide bonds. The number of nitrogens with zero attached hydrogens (tertiary/aromatic N) is 2. The third kappa shape index (κ3) is 1.50. The van der Waals surface area contributed by atoms with E-state index in [0.717, 1.165) is 16.6 Å². The van der Waals surface area contributed by atoms with Gasteiger partial charge in [-0.1, -0.05) is 6.07 Å². The molecule has 2 heterocycles. The normalized spacial score (nSPS) is 10.5. The Morgan fingerprint density at radius 1 is 1.00 bits per heavy atom. The van der Waals surface area contributed by atoms with Crippen LogP contribution in [0.3, 0.4) is 0 Å². The molecule has 0 bridgehead atoms. The van der Waals surface area contributed by atoms with Crippen LogP contribution in [0, 0.1) is 0 Å². The topological polar surface area (TPSA) is 53.6 Å². The first-order valence-corrected chi connectivity index (χ1v) is 5.03. The molecular weight excluding hydrogens is 200 g/mol. The van der Waals surface area contributed by atoms with Crippen molar-refractivity contribution in [1.82, 2.24) is 15.0 Å². The second-order valence-electron chi connectivity index (χ2n) is 3.44. The highest BCUT2D eigenvalue weighted by atomic mass is 15.1. The Morgan fingerprint density at radius 3 is 2.75 bits per heavy atom. The number of hydrogen-bond acceptors (Lipinski definition) is 3. The highest BCUT2D eigenvalue weighted by molar-refractivity contribution is 5.93. The molecule has 2 aromatic heterocycles. The van der Waals surface area contributed by atoms with Gasteiger partial charge in [0.05, 0.1) is 5.69 Å². The van der Waals surface area contributed by atoms with Gasteiger partial charge in [0.15, 0.2) is 0 Å². The number of fused-ring (bicyclic) bond motifs is 1. The zero-order valence-corrected chi connectivity index (χ0v) is 8.51. The summed E-state index contributed by atoms with van der Waals surface area (Å²) >= 11 is 0. The van der Waals surface area contributed by atoms with Crippen molar-refractivity contribution >= 4 is 22.5 Å². The van der Waals surface area contributed by atoms with Gasteiger partial charge in [0.25, 0.3) is 0 Å². The molecule has 0 aliphatic rings. The number of hydrogen-bond donors (Lipinski definition) is 2. The second kappa shape index (κ2) is 3.66. The van der Waals surface area contributed by atoms with Crippen molar-refractivity contribution in [3.8, 4) is 0 Å². The summed E-state index contributed by atoms with van der Waals surface area (Å²) in [5.74, 6) is 0.608. The molecule has 4 nitrogen and oxygen atoms in total. The van der Waals surface area contributed by atoms with Crippen LogP contribution in [0.15, 0.2) is 48.9 Å². The van der Waals surface area contributed by atoms with Gasteiger partial charge in [-0.2, -0.15) is 0 Å². The lowest BCUT2D eigenvalue weighted by Gasteiger charge is -2.05. The van der Waals surface area contributed by atoms with E-state index in [1.54, 1.807) is 18.5 Å². The molecule has 4 heteroatoms. The molecule has 0 unspecified atom stereocenters. The Labute approximate surface area is 92.4 Å². The smallest absolute Gasteiger partial charge is 0.227 e. The molecule has 3 rings (SSSR count). The van der Waals surface area contributed by atoms with E-state index in [2.05, 4.69) is 20.3 Å². The summed E-state index contributed by atoms with van der Waals surface area (Å²) < 4.78 is 0. The third-order valence-corrected chi connectivity index (χ3v) is 2.41. The maximum Gasteiger partial charge on any atom is 0.227 e. The summed E-state index contributed by atoms with van der Waals surface area (Å²) in [5, 5.41) is 4.33. The van der Waals surface area contributed by atoms with Crippen molar-refractivity contribution < 1.29 is 0 Å². The number of benzene rings is 1. The van der Waals surface area contributed by atoms with Crippen molar-refractivity contribution in [3.63, 3.8) is 0 Å². The summed E-state index contributed by atoms with van der Waals surface area (Å²) in [4.78, 5) is 11.4. The van der Waals surface area contributed by atoms with E-state index in [9.17, 15) is 0 Å². The number of anilines is 2. The summed E-state index contributed by atoms with van der Waals surface area (Å²) in [6.07, 6.45) is 5.35. The van der Waals surface area contributed by atoms with Gasteiger partial charge in [0, 0.05) is 29.5 Å². The molecule has 3 aromatic rings. The first-order chi connectivity index (χ1) is 7.93. The van der Waals surface area contributed by atoms with Crippen LogP contribution in [0.5, 0.6) is 0 Å². The molecule has 0 saturated carbocycles. The van der Waals surface area contributed by atoms with Crippen LogP contribution in [0.1, 0.15) is 0 Å². The Morgan fingerprint density at radius 2 is 1.88 bits per heavy atom. The van der Waals surface area contributed by atoms with E-state index in [1.165, 1.54) is 0 Å². The quantitative estimate of drug-likeness (QED) is 0.683. The van der Waals surface area contributed by atoms with Gasteiger partial charge in [0.2, 0.25) is 5.95 Å². The van der Waals surface area contributed by atoms with Gasteiger partial charge in [-0.3, -0.25) is 0 Å². The molecule has 0 aliphatic heterocycles. The molecule has 0 spiro atoms. The monoisotopic (exact) mass is 210 g/mol. The number of nitrogens with one attached hydrogen (secondary N) is 2. The van der Waals surface area contributed by atoms with Gasteiger partial charge in [-0.05, 0) is 24.3 Å². The van der Waals surface area contributed by atoms with Crippen LogP contribution in [0.2, 0.25) is 0 Å². The van der Waals surface area contributed by atoms with Crippen molar-refractivity contribution in [1.29, 1.82) is 0 Å². The SMILES string of the molecule is c1cnc(Nc2cccc3[nH]ccc23)nc1. The van der Waals surface area contributed by atoms with Crippen molar-refractivity contribution in [2.75, 3.05) is 5.32 Å². The minimum Gasteiger partial charge on any atom is -0.361 e. The first-order valence-electron chi connectivity index (χ1n) is 5.03. The molecule has 78 valence electrons. The number of aromatic nitrogens is 3. The third-order valence-electron chi connectivity index (χ3n) is 2.41. The average molecular weight is 210 g/mol. The number of rotatable bonds is 2. The zero-order valence-electron chi connectivity index (χ0n) is 8.51. The standard InChI is InChI=1S/C12H10N4/c1-3-10-9(5-8-13-10)11(4-1)16-12-14-6-2-7-15-12/h1-8,13H,(H,14,15,16). The van der Waals surface area contributed by atoms with E-state index in [-0.39, 0.29) is 0 Å². The molecule has 0 saturated heterocycles. The highest BCUT2D eigenvalue weighted by Crippen LogP contribution is 2.23. The maximum atomic E-state index is 4.13. The van der Waals surface area contributed by atoms with E-state index in [0.29, 0.717) is 5.95 Å². The lowest BCUT2D eigenvalue weighted by atomic mass is 10.2. The van der Waals surface area contributed by atoms with E-state index >= 15 is 0 Å². The lowest BCUT2D eigenvalue weighted by molar-refractivity contribution is 1.17. The maximum absolute atomic E-state index is 4.13. The summed E-state index contributed by atoms with van der Waals surface area (Å²) in [6, 6.07) is 9.85. The van der Waals surface area contributed by atoms with Crippen LogP contribution < -0.4 is 5.32 Å². The summed E-state index contributed by atoms with van der Waals surface area (Å²) in [6.45, 7) is 0. The van der Waals surface area contributed by atoms with Gasteiger partial charge in [-0.15, -0.1) is 0 Å². The van der Waals surface area contributed by atoms with Crippen LogP contribution >= 0.6 is 0 Å². The lowest BCUT2D eigenvalue weighted by Crippen LogP contribution is -1.95. The summed E-state index contributed by atoms with van der Waals surface area (Å²) in [5.41, 5.74) is 2.10. The summed E-state index contributed by atoms with van der Waals surface area (Å²) in [7, 11) is 0. The number of aromatic amines is 1. The minimum absolute atomic E-state index is 0.608.